The lowest BCUT2D eigenvalue weighted by Gasteiger charge is -2.08. The highest BCUT2D eigenvalue weighted by molar-refractivity contribution is 6.30. The second-order valence-electron chi connectivity index (χ2n) is 4.77. The van der Waals surface area contributed by atoms with Crippen molar-refractivity contribution in [3.05, 3.63) is 45.7 Å². The van der Waals surface area contributed by atoms with Gasteiger partial charge >= 0.3 is 0 Å². The van der Waals surface area contributed by atoms with Crippen molar-refractivity contribution in [2.24, 2.45) is 0 Å². The number of hydrogen-bond acceptors (Lipinski definition) is 1. The molecule has 1 heterocycles. The van der Waals surface area contributed by atoms with Gasteiger partial charge in [0.25, 0.3) is 0 Å². The molecule has 0 saturated carbocycles. The molecule has 3 rings (SSSR count). The summed E-state index contributed by atoms with van der Waals surface area (Å²) in [5, 5.41) is 5.43. The number of rotatable bonds is 1. The third-order valence-corrected chi connectivity index (χ3v) is 3.81. The Balaban J connectivity index is 2.16. The minimum atomic E-state index is 0.796. The summed E-state index contributed by atoms with van der Waals surface area (Å²) in [6.45, 7) is 4.20. The summed E-state index contributed by atoms with van der Waals surface area (Å²) >= 11 is 6.42. The number of aromatic nitrogens is 2. The molecule has 0 amide bonds. The SMILES string of the molecule is Cc1ccc(-n2nc3c(c2Cl)CCC3)c(C)c1. The molecular formula is C14H15ClN2. The monoisotopic (exact) mass is 246 g/mol. The van der Waals surface area contributed by atoms with Crippen molar-refractivity contribution in [3.8, 4) is 5.69 Å². The molecule has 0 bridgehead atoms. The first kappa shape index (κ1) is 10.8. The molecule has 0 aliphatic heterocycles. The maximum Gasteiger partial charge on any atom is 0.136 e. The lowest BCUT2D eigenvalue weighted by molar-refractivity contribution is 0.798. The number of hydrogen-bond donors (Lipinski definition) is 0. The van der Waals surface area contributed by atoms with E-state index in [-0.39, 0.29) is 0 Å². The first-order valence-corrected chi connectivity index (χ1v) is 6.38. The quantitative estimate of drug-likeness (QED) is 0.751. The molecule has 1 aromatic heterocycles. The summed E-state index contributed by atoms with van der Waals surface area (Å²) in [6, 6.07) is 6.36. The second kappa shape index (κ2) is 3.88. The van der Waals surface area contributed by atoms with Gasteiger partial charge in [0, 0.05) is 5.56 Å². The molecule has 0 atom stereocenters. The summed E-state index contributed by atoms with van der Waals surface area (Å²) in [4.78, 5) is 0. The Kier molecular flexibility index (Phi) is 2.48. The minimum Gasteiger partial charge on any atom is -0.221 e. The molecule has 1 aliphatic carbocycles. The van der Waals surface area contributed by atoms with Crippen LogP contribution in [-0.2, 0) is 12.8 Å². The number of fused-ring (bicyclic) bond motifs is 1. The molecule has 3 heteroatoms. The molecule has 1 aromatic carbocycles. The number of nitrogens with zero attached hydrogens (tertiary/aromatic N) is 2. The Bertz CT molecular complexity index is 584. The predicted molar refractivity (Wildman–Crippen MR) is 70.1 cm³/mol. The molecule has 0 spiro atoms. The molecule has 2 aromatic rings. The minimum absolute atomic E-state index is 0.796. The van der Waals surface area contributed by atoms with Gasteiger partial charge in [-0.05, 0) is 44.7 Å². The van der Waals surface area contributed by atoms with Crippen molar-refractivity contribution in [1.29, 1.82) is 0 Å². The summed E-state index contributed by atoms with van der Waals surface area (Å²) < 4.78 is 1.89. The highest BCUT2D eigenvalue weighted by Gasteiger charge is 2.21. The van der Waals surface area contributed by atoms with Gasteiger partial charge in [0.05, 0.1) is 11.4 Å². The smallest absolute Gasteiger partial charge is 0.136 e. The summed E-state index contributed by atoms with van der Waals surface area (Å²) in [6.07, 6.45) is 3.32. The summed E-state index contributed by atoms with van der Waals surface area (Å²) in [5.74, 6) is 0. The Hall–Kier alpha value is -1.28. The van der Waals surface area contributed by atoms with Gasteiger partial charge < -0.3 is 0 Å². The van der Waals surface area contributed by atoms with Crippen molar-refractivity contribution >= 4 is 11.6 Å². The number of benzene rings is 1. The van der Waals surface area contributed by atoms with Crippen LogP contribution in [-0.4, -0.2) is 9.78 Å². The highest BCUT2D eigenvalue weighted by Crippen LogP contribution is 2.31. The average Bonchev–Trinajstić information content (AvgIpc) is 2.83. The molecule has 88 valence electrons. The zero-order valence-corrected chi connectivity index (χ0v) is 10.9. The van der Waals surface area contributed by atoms with Crippen LogP contribution in [0, 0.1) is 13.8 Å². The maximum absolute atomic E-state index is 6.42. The fraction of sp³-hybridized carbons (Fsp3) is 0.357. The molecular weight excluding hydrogens is 232 g/mol. The van der Waals surface area contributed by atoms with E-state index in [2.05, 4.69) is 37.1 Å². The van der Waals surface area contributed by atoms with E-state index in [1.807, 2.05) is 4.68 Å². The van der Waals surface area contributed by atoms with E-state index in [9.17, 15) is 0 Å². The molecule has 17 heavy (non-hydrogen) atoms. The molecule has 0 unspecified atom stereocenters. The third kappa shape index (κ3) is 1.67. The molecule has 0 N–H and O–H groups in total. The highest BCUT2D eigenvalue weighted by atomic mass is 35.5. The van der Waals surface area contributed by atoms with E-state index in [4.69, 9.17) is 11.6 Å². The van der Waals surface area contributed by atoms with Crippen LogP contribution in [0.4, 0.5) is 0 Å². The Labute approximate surface area is 106 Å². The van der Waals surface area contributed by atoms with Gasteiger partial charge in [-0.25, -0.2) is 4.68 Å². The lowest BCUT2D eigenvalue weighted by atomic mass is 10.1. The van der Waals surface area contributed by atoms with Crippen LogP contribution in [0.25, 0.3) is 5.69 Å². The Morgan fingerprint density at radius 1 is 1.24 bits per heavy atom. The zero-order chi connectivity index (χ0) is 12.0. The van der Waals surface area contributed by atoms with Crippen LogP contribution in [0.15, 0.2) is 18.2 Å². The fourth-order valence-corrected chi connectivity index (χ4v) is 2.89. The van der Waals surface area contributed by atoms with Crippen LogP contribution in [0.5, 0.6) is 0 Å². The van der Waals surface area contributed by atoms with Gasteiger partial charge in [-0.3, -0.25) is 0 Å². The largest absolute Gasteiger partial charge is 0.221 e. The lowest BCUT2D eigenvalue weighted by Crippen LogP contribution is -2.01. The third-order valence-electron chi connectivity index (χ3n) is 3.42. The average molecular weight is 247 g/mol. The Morgan fingerprint density at radius 2 is 2.06 bits per heavy atom. The van der Waals surface area contributed by atoms with Crippen molar-refractivity contribution in [3.63, 3.8) is 0 Å². The second-order valence-corrected chi connectivity index (χ2v) is 5.13. The fourth-order valence-electron chi connectivity index (χ4n) is 2.56. The van der Waals surface area contributed by atoms with Gasteiger partial charge in [0.1, 0.15) is 5.15 Å². The van der Waals surface area contributed by atoms with Gasteiger partial charge in [-0.1, -0.05) is 29.3 Å². The predicted octanol–water partition coefficient (Wildman–Crippen LogP) is 3.63. The van der Waals surface area contributed by atoms with E-state index in [1.165, 1.54) is 28.8 Å². The number of halogens is 1. The molecule has 0 saturated heterocycles. The van der Waals surface area contributed by atoms with E-state index in [1.54, 1.807) is 0 Å². The van der Waals surface area contributed by atoms with Gasteiger partial charge in [-0.2, -0.15) is 5.10 Å². The molecule has 0 fully saturated rings. The maximum atomic E-state index is 6.42. The van der Waals surface area contributed by atoms with E-state index in [0.29, 0.717) is 0 Å². The van der Waals surface area contributed by atoms with Crippen molar-refractivity contribution in [2.75, 3.05) is 0 Å². The van der Waals surface area contributed by atoms with Gasteiger partial charge in [0.2, 0.25) is 0 Å². The van der Waals surface area contributed by atoms with E-state index < -0.39 is 0 Å². The van der Waals surface area contributed by atoms with Crippen molar-refractivity contribution in [2.45, 2.75) is 33.1 Å². The van der Waals surface area contributed by atoms with E-state index >= 15 is 0 Å². The zero-order valence-electron chi connectivity index (χ0n) is 10.1. The Morgan fingerprint density at radius 3 is 2.76 bits per heavy atom. The van der Waals surface area contributed by atoms with Gasteiger partial charge in [0.15, 0.2) is 0 Å². The van der Waals surface area contributed by atoms with Crippen LogP contribution in [0.2, 0.25) is 5.15 Å². The summed E-state index contributed by atoms with van der Waals surface area (Å²) in [5.41, 5.74) is 5.99. The standard InChI is InChI=1S/C14H15ClN2/c1-9-6-7-13(10(2)8-9)17-14(15)11-4-3-5-12(11)16-17/h6-8H,3-5H2,1-2H3. The van der Waals surface area contributed by atoms with Gasteiger partial charge in [-0.15, -0.1) is 0 Å². The normalized spacial score (nSPS) is 14.1. The van der Waals surface area contributed by atoms with Crippen LogP contribution in [0.1, 0.15) is 28.8 Å². The van der Waals surface area contributed by atoms with Crippen LogP contribution < -0.4 is 0 Å². The summed E-state index contributed by atoms with van der Waals surface area (Å²) in [7, 11) is 0. The molecule has 0 radical (unpaired) electrons. The van der Waals surface area contributed by atoms with Crippen molar-refractivity contribution in [1.82, 2.24) is 9.78 Å². The molecule has 1 aliphatic rings. The number of aryl methyl sites for hydroxylation is 3. The van der Waals surface area contributed by atoms with Crippen LogP contribution >= 0.6 is 11.6 Å². The van der Waals surface area contributed by atoms with E-state index in [0.717, 1.165) is 23.7 Å². The first-order valence-electron chi connectivity index (χ1n) is 6.00. The first-order chi connectivity index (χ1) is 8.16. The van der Waals surface area contributed by atoms with Crippen molar-refractivity contribution < 1.29 is 0 Å². The van der Waals surface area contributed by atoms with Crippen LogP contribution in [0.3, 0.4) is 0 Å². The topological polar surface area (TPSA) is 17.8 Å². The molecule has 2 nitrogen and oxygen atoms in total.